The van der Waals surface area contributed by atoms with Gasteiger partial charge in [0.05, 0.1) is 0 Å². The highest BCUT2D eigenvalue weighted by Crippen LogP contribution is 2.58. The predicted molar refractivity (Wildman–Crippen MR) is 118 cm³/mol. The van der Waals surface area contributed by atoms with Crippen LogP contribution in [-0.4, -0.2) is 5.91 Å². The molecule has 0 aromatic heterocycles. The largest absolute Gasteiger partial charge is 0.325 e. The van der Waals surface area contributed by atoms with Crippen LogP contribution in [0.2, 0.25) is 0 Å². The van der Waals surface area contributed by atoms with Crippen LogP contribution in [0.5, 0.6) is 0 Å². The first kappa shape index (κ1) is 18.2. The van der Waals surface area contributed by atoms with Crippen molar-refractivity contribution in [3.05, 3.63) is 102 Å². The Labute approximate surface area is 173 Å². The van der Waals surface area contributed by atoms with Crippen molar-refractivity contribution in [1.82, 2.24) is 0 Å². The number of nitrogens with one attached hydrogen (secondary N) is 1. The third-order valence-corrected chi connectivity index (χ3v) is 7.06. The molecule has 0 heterocycles. The number of benzene rings is 3. The number of para-hydroxylation sites is 1. The van der Waals surface area contributed by atoms with E-state index in [9.17, 15) is 4.79 Å². The Balaban J connectivity index is 1.68. The molecule has 1 fully saturated rings. The van der Waals surface area contributed by atoms with E-state index in [1.54, 1.807) is 0 Å². The molecule has 1 atom stereocenters. The van der Waals surface area contributed by atoms with Crippen LogP contribution in [0.4, 0.5) is 5.69 Å². The Kier molecular flexibility index (Phi) is 4.50. The topological polar surface area (TPSA) is 29.1 Å². The molecule has 0 radical (unpaired) electrons. The molecule has 3 aromatic carbocycles. The molecular weight excluding hydrogens is 354 g/mol. The van der Waals surface area contributed by atoms with Crippen molar-refractivity contribution in [2.24, 2.45) is 0 Å². The summed E-state index contributed by atoms with van der Waals surface area (Å²) < 4.78 is 0. The van der Waals surface area contributed by atoms with Crippen LogP contribution in [0.25, 0.3) is 0 Å². The average molecular weight is 382 g/mol. The molecule has 2 aliphatic rings. The van der Waals surface area contributed by atoms with E-state index in [-0.39, 0.29) is 11.3 Å². The van der Waals surface area contributed by atoms with Crippen molar-refractivity contribution >= 4 is 11.6 Å². The van der Waals surface area contributed by atoms with Crippen LogP contribution in [0.15, 0.2) is 84.9 Å². The number of hydrogen-bond acceptors (Lipinski definition) is 1. The van der Waals surface area contributed by atoms with Crippen LogP contribution in [-0.2, 0) is 15.6 Å². The Morgan fingerprint density at radius 2 is 1.28 bits per heavy atom. The van der Waals surface area contributed by atoms with Crippen molar-refractivity contribution in [2.45, 2.75) is 49.4 Å². The maximum atomic E-state index is 14.0. The fraction of sp³-hybridized carbons (Fsp3) is 0.296. The zero-order valence-electron chi connectivity index (χ0n) is 16.7. The van der Waals surface area contributed by atoms with E-state index in [4.69, 9.17) is 0 Å². The summed E-state index contributed by atoms with van der Waals surface area (Å²) in [5.41, 5.74) is 4.01. The average Bonchev–Trinajstić information content (AvgIpc) is 3.07. The van der Waals surface area contributed by atoms with E-state index in [0.29, 0.717) is 0 Å². The van der Waals surface area contributed by atoms with Crippen molar-refractivity contribution in [1.29, 1.82) is 0 Å². The van der Waals surface area contributed by atoms with Crippen molar-refractivity contribution in [3.63, 3.8) is 0 Å². The lowest BCUT2D eigenvalue weighted by Crippen LogP contribution is -2.42. The molecule has 2 aliphatic carbocycles. The predicted octanol–water partition coefficient (Wildman–Crippen LogP) is 6.22. The molecule has 0 bridgehead atoms. The van der Waals surface area contributed by atoms with Gasteiger partial charge < -0.3 is 5.32 Å². The number of rotatable bonds is 3. The first-order valence-electron chi connectivity index (χ1n) is 10.8. The quantitative estimate of drug-likeness (QED) is 0.573. The van der Waals surface area contributed by atoms with Crippen LogP contribution in [0.3, 0.4) is 0 Å². The summed E-state index contributed by atoms with van der Waals surface area (Å²) in [6, 6.07) is 29.0. The molecule has 5 rings (SSSR count). The Morgan fingerprint density at radius 3 is 1.97 bits per heavy atom. The smallest absolute Gasteiger partial charge is 0.239 e. The van der Waals surface area contributed by atoms with Gasteiger partial charge in [-0.3, -0.25) is 4.79 Å². The maximum absolute atomic E-state index is 14.0. The van der Waals surface area contributed by atoms with E-state index in [2.05, 4.69) is 53.8 Å². The van der Waals surface area contributed by atoms with E-state index in [1.165, 1.54) is 43.2 Å². The molecule has 146 valence electrons. The van der Waals surface area contributed by atoms with E-state index in [1.807, 2.05) is 36.4 Å². The van der Waals surface area contributed by atoms with Gasteiger partial charge >= 0.3 is 0 Å². The summed E-state index contributed by atoms with van der Waals surface area (Å²) >= 11 is 0. The highest BCUT2D eigenvalue weighted by atomic mass is 16.2. The fourth-order valence-corrected chi connectivity index (χ4v) is 5.76. The first-order valence-corrected chi connectivity index (χ1v) is 10.8. The van der Waals surface area contributed by atoms with Crippen molar-refractivity contribution in [3.8, 4) is 0 Å². The Morgan fingerprint density at radius 1 is 0.690 bits per heavy atom. The van der Waals surface area contributed by atoms with E-state index >= 15 is 0 Å². The van der Waals surface area contributed by atoms with Gasteiger partial charge in [-0.15, -0.1) is 0 Å². The van der Waals surface area contributed by atoms with Gasteiger partial charge in [0.15, 0.2) is 0 Å². The molecule has 3 aromatic rings. The number of fused-ring (bicyclic) bond motifs is 2. The van der Waals surface area contributed by atoms with Gasteiger partial charge in [0.1, 0.15) is 5.41 Å². The van der Waals surface area contributed by atoms with Gasteiger partial charge in [-0.25, -0.2) is 0 Å². The normalized spacial score (nSPS) is 22.2. The van der Waals surface area contributed by atoms with Crippen molar-refractivity contribution < 1.29 is 4.79 Å². The van der Waals surface area contributed by atoms with Gasteiger partial charge in [0.25, 0.3) is 0 Å². The third-order valence-electron chi connectivity index (χ3n) is 7.06. The molecule has 0 unspecified atom stereocenters. The number of amides is 1. The first-order chi connectivity index (χ1) is 14.2. The van der Waals surface area contributed by atoms with Gasteiger partial charge in [-0.05, 0) is 53.5 Å². The summed E-state index contributed by atoms with van der Waals surface area (Å²) in [5, 5.41) is 3.25. The molecule has 1 spiro atoms. The molecule has 1 saturated carbocycles. The molecule has 29 heavy (non-hydrogen) atoms. The van der Waals surface area contributed by atoms with Crippen LogP contribution in [0, 0.1) is 0 Å². The lowest BCUT2D eigenvalue weighted by molar-refractivity contribution is -0.120. The lowest BCUT2D eigenvalue weighted by Gasteiger charge is -2.37. The van der Waals surface area contributed by atoms with Crippen molar-refractivity contribution in [2.75, 3.05) is 5.32 Å². The maximum Gasteiger partial charge on any atom is 0.239 e. The summed E-state index contributed by atoms with van der Waals surface area (Å²) in [7, 11) is 0. The molecular formula is C27H27NO. The second-order valence-electron chi connectivity index (χ2n) is 8.65. The number of carbonyl (C=O) groups is 1. The van der Waals surface area contributed by atoms with Gasteiger partial charge in [-0.1, -0.05) is 92.1 Å². The standard InChI is InChI=1S/C27H27NO/c29-25(28-22-14-6-2-7-15-22)27(21-12-4-1-5-13-21)20-26(18-10-3-11-19-26)23-16-8-9-17-24(23)27/h1-2,4-9,12-17H,3,10-11,18-20H2,(H,28,29)/t27-/m0/s1. The summed E-state index contributed by atoms with van der Waals surface area (Å²) in [6.45, 7) is 0. The number of anilines is 1. The van der Waals surface area contributed by atoms with E-state index < -0.39 is 5.41 Å². The zero-order chi connectivity index (χ0) is 19.7. The SMILES string of the molecule is O=C(Nc1ccccc1)[C@]1(c2ccccc2)CC2(CCCCC2)c2ccccc21. The minimum absolute atomic E-state index is 0.0878. The van der Waals surface area contributed by atoms with Crippen LogP contribution >= 0.6 is 0 Å². The second-order valence-corrected chi connectivity index (χ2v) is 8.65. The summed E-state index contributed by atoms with van der Waals surface area (Å²) in [6.07, 6.45) is 7.02. The van der Waals surface area contributed by atoms with Gasteiger partial charge in [0, 0.05) is 5.69 Å². The molecule has 2 nitrogen and oxygen atoms in total. The summed E-state index contributed by atoms with van der Waals surface area (Å²) in [4.78, 5) is 14.0. The monoisotopic (exact) mass is 381 g/mol. The van der Waals surface area contributed by atoms with Crippen LogP contribution < -0.4 is 5.32 Å². The minimum atomic E-state index is -0.648. The lowest BCUT2D eigenvalue weighted by atomic mass is 9.66. The summed E-state index contributed by atoms with van der Waals surface area (Å²) in [5.74, 6) is 0.0878. The molecule has 0 aliphatic heterocycles. The third kappa shape index (κ3) is 2.90. The minimum Gasteiger partial charge on any atom is -0.325 e. The highest BCUT2D eigenvalue weighted by molar-refractivity contribution is 6.03. The fourth-order valence-electron chi connectivity index (χ4n) is 5.76. The van der Waals surface area contributed by atoms with E-state index in [0.717, 1.165) is 17.7 Å². The molecule has 2 heteroatoms. The Bertz CT molecular complexity index is 1000. The zero-order valence-corrected chi connectivity index (χ0v) is 16.7. The van der Waals surface area contributed by atoms with Gasteiger partial charge in [0.2, 0.25) is 5.91 Å². The number of hydrogen-bond donors (Lipinski definition) is 1. The molecule has 1 amide bonds. The Hall–Kier alpha value is -2.87. The highest BCUT2D eigenvalue weighted by Gasteiger charge is 2.56. The van der Waals surface area contributed by atoms with Crippen LogP contribution in [0.1, 0.15) is 55.2 Å². The van der Waals surface area contributed by atoms with Gasteiger partial charge in [-0.2, -0.15) is 0 Å². The number of carbonyl (C=O) groups excluding carboxylic acids is 1. The molecule has 0 saturated heterocycles. The second kappa shape index (κ2) is 7.18. The molecule has 1 N–H and O–H groups in total.